The van der Waals surface area contributed by atoms with Crippen molar-refractivity contribution >= 4 is 5.97 Å². The molecule has 0 radical (unpaired) electrons. The van der Waals surface area contributed by atoms with Gasteiger partial charge in [0.1, 0.15) is 0 Å². The maximum atomic E-state index is 12.2. The van der Waals surface area contributed by atoms with Crippen molar-refractivity contribution in [3.63, 3.8) is 0 Å². The molecule has 6 heteroatoms. The zero-order valence-electron chi connectivity index (χ0n) is 20.6. The molecule has 0 N–H and O–H groups in total. The molecule has 6 nitrogen and oxygen atoms in total. The Morgan fingerprint density at radius 1 is 0.759 bits per heavy atom. The summed E-state index contributed by atoms with van der Waals surface area (Å²) >= 11 is 0. The Morgan fingerprint density at radius 2 is 1.17 bits per heavy atom. The van der Waals surface area contributed by atoms with Gasteiger partial charge in [0.2, 0.25) is 0 Å². The Balaban J connectivity index is 0.00000110. The van der Waals surface area contributed by atoms with Gasteiger partial charge in [-0.15, -0.1) is 0 Å². The van der Waals surface area contributed by atoms with E-state index < -0.39 is 23.3 Å². The van der Waals surface area contributed by atoms with Crippen LogP contribution in [0.1, 0.15) is 114 Å². The highest BCUT2D eigenvalue weighted by Crippen LogP contribution is 2.28. The largest absolute Gasteiger partial charge is 0.377 e. The van der Waals surface area contributed by atoms with Crippen molar-refractivity contribution in [3.05, 3.63) is 0 Å². The third kappa shape index (κ3) is 17.8. The predicted molar refractivity (Wildman–Crippen MR) is 115 cm³/mol. The molecule has 29 heavy (non-hydrogen) atoms. The summed E-state index contributed by atoms with van der Waals surface area (Å²) in [5.74, 6) is -0.807. The molecule has 0 aromatic rings. The van der Waals surface area contributed by atoms with Crippen LogP contribution in [0.25, 0.3) is 0 Å². The minimum absolute atomic E-state index is 0.0335. The first-order valence-corrected chi connectivity index (χ1v) is 11.0. The molecule has 2 unspecified atom stereocenters. The van der Waals surface area contributed by atoms with E-state index in [1.54, 1.807) is 20.8 Å². The Morgan fingerprint density at radius 3 is 1.52 bits per heavy atom. The topological polar surface area (TPSA) is 63.2 Å². The van der Waals surface area contributed by atoms with Crippen LogP contribution in [0.4, 0.5) is 0 Å². The second kappa shape index (κ2) is 12.9. The van der Waals surface area contributed by atoms with E-state index in [2.05, 4.69) is 25.8 Å². The summed E-state index contributed by atoms with van der Waals surface area (Å²) < 4.78 is 0. The molecular formula is C23H46O6. The molecule has 0 aromatic heterocycles. The fourth-order valence-electron chi connectivity index (χ4n) is 2.90. The van der Waals surface area contributed by atoms with Crippen LogP contribution < -0.4 is 0 Å². The maximum absolute atomic E-state index is 12.2. The molecule has 0 amide bonds. The third-order valence-corrected chi connectivity index (χ3v) is 3.99. The molecular weight excluding hydrogens is 372 g/mol. The van der Waals surface area contributed by atoms with Crippen LogP contribution in [-0.2, 0) is 29.4 Å². The molecule has 0 bridgehead atoms. The number of hydrogen-bond acceptors (Lipinski definition) is 6. The van der Waals surface area contributed by atoms with E-state index >= 15 is 0 Å². The lowest BCUT2D eigenvalue weighted by Crippen LogP contribution is -2.37. The van der Waals surface area contributed by atoms with Gasteiger partial charge in [-0.1, -0.05) is 66.2 Å². The van der Waals surface area contributed by atoms with Gasteiger partial charge in [0.05, 0.1) is 11.2 Å². The normalized spacial score (nSPS) is 17.7. The van der Waals surface area contributed by atoms with E-state index in [0.717, 1.165) is 6.42 Å². The van der Waals surface area contributed by atoms with Crippen molar-refractivity contribution in [2.75, 3.05) is 0 Å². The highest BCUT2D eigenvalue weighted by Gasteiger charge is 2.34. The lowest BCUT2D eigenvalue weighted by atomic mass is 9.83. The zero-order chi connectivity index (χ0) is 22.7. The molecule has 1 rings (SSSR count). The van der Waals surface area contributed by atoms with Crippen molar-refractivity contribution in [1.82, 2.24) is 0 Å². The maximum Gasteiger partial charge on any atom is 0.377 e. The second-order valence-electron chi connectivity index (χ2n) is 11.2. The number of rotatable bonds is 7. The fourth-order valence-corrected chi connectivity index (χ4v) is 2.90. The second-order valence-corrected chi connectivity index (χ2v) is 11.2. The summed E-state index contributed by atoms with van der Waals surface area (Å²) in [4.78, 5) is 32.5. The van der Waals surface area contributed by atoms with Crippen molar-refractivity contribution in [3.8, 4) is 0 Å². The summed E-state index contributed by atoms with van der Waals surface area (Å²) in [5, 5.41) is 4.57. The minimum Gasteiger partial charge on any atom is -0.266 e. The van der Waals surface area contributed by atoms with Crippen LogP contribution in [0.3, 0.4) is 0 Å². The Bertz CT molecular complexity index is 426. The van der Waals surface area contributed by atoms with E-state index in [1.807, 2.05) is 27.7 Å². The molecule has 1 aliphatic rings. The quantitative estimate of drug-likeness (QED) is 0.338. The van der Waals surface area contributed by atoms with E-state index in [9.17, 15) is 4.79 Å². The average molecular weight is 419 g/mol. The molecule has 0 heterocycles. The van der Waals surface area contributed by atoms with E-state index in [0.29, 0.717) is 0 Å². The van der Waals surface area contributed by atoms with E-state index in [1.165, 1.54) is 38.5 Å². The van der Waals surface area contributed by atoms with Crippen molar-refractivity contribution < 1.29 is 29.4 Å². The summed E-state index contributed by atoms with van der Waals surface area (Å²) in [7, 11) is 0. The van der Waals surface area contributed by atoms with Gasteiger partial charge in [-0.25, -0.2) is 14.6 Å². The molecule has 1 saturated carbocycles. The molecule has 1 fully saturated rings. The van der Waals surface area contributed by atoms with E-state index in [-0.39, 0.29) is 11.3 Å². The van der Waals surface area contributed by atoms with Gasteiger partial charge in [0.15, 0.2) is 6.10 Å². The first-order valence-electron chi connectivity index (χ1n) is 11.0. The standard InChI is InChI=1S/C17H34O6.C6H12/c1-12(11-15(2,3)4)13(19-21-16(5,6)7)14(18)20-23-22-17(8,9)10;1-2-4-6-5-3-1/h12-13H,11H2,1-10H3;1-6H2. The van der Waals surface area contributed by atoms with Gasteiger partial charge in [-0.3, -0.25) is 4.89 Å². The number of hydrogen-bond donors (Lipinski definition) is 0. The smallest absolute Gasteiger partial charge is 0.266 e. The Labute approximate surface area is 178 Å². The highest BCUT2D eigenvalue weighted by atomic mass is 17.5. The van der Waals surface area contributed by atoms with Crippen LogP contribution in [-0.4, -0.2) is 23.3 Å². The number of carbonyl (C=O) groups excluding carboxylic acids is 1. The van der Waals surface area contributed by atoms with Crippen LogP contribution in [0.5, 0.6) is 0 Å². The predicted octanol–water partition coefficient (Wildman–Crippen LogP) is 6.72. The van der Waals surface area contributed by atoms with Crippen LogP contribution >= 0.6 is 0 Å². The average Bonchev–Trinajstić information content (AvgIpc) is 2.53. The zero-order valence-corrected chi connectivity index (χ0v) is 20.6. The molecule has 1 aliphatic carbocycles. The SMILES string of the molecule is C1CCCCC1.CC(CC(C)(C)C)C(OOC(C)(C)C)C(=O)OOOC(C)(C)C. The van der Waals surface area contributed by atoms with Gasteiger partial charge in [-0.2, -0.15) is 4.89 Å². The van der Waals surface area contributed by atoms with Gasteiger partial charge in [-0.05, 0) is 64.3 Å². The fraction of sp³-hybridized carbons (Fsp3) is 0.957. The summed E-state index contributed by atoms with van der Waals surface area (Å²) in [5.41, 5.74) is -1.09. The summed E-state index contributed by atoms with van der Waals surface area (Å²) in [6.45, 7) is 19.0. The summed E-state index contributed by atoms with van der Waals surface area (Å²) in [6.07, 6.45) is 8.84. The molecule has 0 aromatic carbocycles. The monoisotopic (exact) mass is 418 g/mol. The van der Waals surface area contributed by atoms with Gasteiger partial charge in [0, 0.05) is 0 Å². The number of carbonyl (C=O) groups is 1. The molecule has 174 valence electrons. The molecule has 0 saturated heterocycles. The van der Waals surface area contributed by atoms with Gasteiger partial charge < -0.3 is 0 Å². The van der Waals surface area contributed by atoms with Crippen molar-refractivity contribution in [2.24, 2.45) is 11.3 Å². The van der Waals surface area contributed by atoms with Gasteiger partial charge >= 0.3 is 5.97 Å². The molecule has 0 spiro atoms. The first kappa shape index (κ1) is 28.3. The Hall–Kier alpha value is -0.690. The Kier molecular flexibility index (Phi) is 12.6. The first-order chi connectivity index (χ1) is 13.1. The molecule has 0 aliphatic heterocycles. The lowest BCUT2D eigenvalue weighted by Gasteiger charge is -2.29. The lowest BCUT2D eigenvalue weighted by molar-refractivity contribution is -0.518. The van der Waals surface area contributed by atoms with E-state index in [4.69, 9.17) is 19.6 Å². The van der Waals surface area contributed by atoms with Crippen molar-refractivity contribution in [1.29, 1.82) is 0 Å². The third-order valence-electron chi connectivity index (χ3n) is 3.99. The summed E-state index contributed by atoms with van der Waals surface area (Å²) in [6, 6.07) is 0. The van der Waals surface area contributed by atoms with Crippen LogP contribution in [0.2, 0.25) is 0 Å². The van der Waals surface area contributed by atoms with Crippen molar-refractivity contribution in [2.45, 2.75) is 131 Å². The van der Waals surface area contributed by atoms with Crippen LogP contribution in [0.15, 0.2) is 0 Å². The minimum atomic E-state index is -0.906. The van der Waals surface area contributed by atoms with Gasteiger partial charge in [0.25, 0.3) is 0 Å². The van der Waals surface area contributed by atoms with Crippen LogP contribution in [0, 0.1) is 11.3 Å². The highest BCUT2D eigenvalue weighted by molar-refractivity contribution is 5.74. The molecule has 2 atom stereocenters.